The second-order valence-electron chi connectivity index (χ2n) is 2.37. The van der Waals surface area contributed by atoms with E-state index >= 15 is 0 Å². The summed E-state index contributed by atoms with van der Waals surface area (Å²) in [4.78, 5) is -1.03. The largest absolute Gasteiger partial charge is 0.482 e. The maximum absolute atomic E-state index is 12.7. The molecule has 1 aromatic rings. The minimum absolute atomic E-state index is 0.117. The van der Waals surface area contributed by atoms with Crippen LogP contribution in [0.4, 0.5) is 20.9 Å². The van der Waals surface area contributed by atoms with Crippen LogP contribution in [0.1, 0.15) is 0 Å². The van der Waals surface area contributed by atoms with Gasteiger partial charge in [-0.05, 0) is 24.3 Å². The molecule has 0 aliphatic heterocycles. The van der Waals surface area contributed by atoms with Crippen LogP contribution in [0.5, 0.6) is 0 Å². The van der Waals surface area contributed by atoms with E-state index in [-0.39, 0.29) is 5.02 Å². The van der Waals surface area contributed by atoms with Gasteiger partial charge in [0.05, 0.1) is 4.90 Å². The van der Waals surface area contributed by atoms with Gasteiger partial charge in [0.1, 0.15) is 0 Å². The maximum Gasteiger partial charge on any atom is 0.482 e. The fraction of sp³-hybridized carbons (Fsp3) is 0.143. The average Bonchev–Trinajstić information content (AvgIpc) is 2.03. The lowest BCUT2D eigenvalue weighted by Gasteiger charge is -2.23. The fourth-order valence-corrected chi connectivity index (χ4v) is 1.61. The molecule has 0 nitrogen and oxygen atoms in total. The van der Waals surface area contributed by atoms with Crippen molar-refractivity contribution in [3.8, 4) is 0 Å². The zero-order valence-electron chi connectivity index (χ0n) is 6.49. The number of hydrogen-bond acceptors (Lipinski definition) is 0. The van der Waals surface area contributed by atoms with Gasteiger partial charge in [0.25, 0.3) is 0 Å². The molecule has 0 aromatic heterocycles. The fourth-order valence-electron chi connectivity index (χ4n) is 0.739. The molecular formula is C7H4ClF5S. The van der Waals surface area contributed by atoms with Crippen LogP contribution in [0.3, 0.4) is 0 Å². The molecule has 1 aromatic carbocycles. The van der Waals surface area contributed by atoms with E-state index in [0.29, 0.717) is 12.1 Å². The zero-order chi connectivity index (χ0) is 11.0. The van der Waals surface area contributed by atoms with E-state index in [4.69, 9.17) is 11.6 Å². The highest BCUT2D eigenvalue weighted by Crippen LogP contribution is 2.70. The van der Waals surface area contributed by atoms with E-state index in [0.717, 1.165) is 12.1 Å². The number of rotatable bonds is 1. The summed E-state index contributed by atoms with van der Waals surface area (Å²) in [7, 11) is -5.75. The monoisotopic (exact) mass is 250 g/mol. The van der Waals surface area contributed by atoms with Gasteiger partial charge in [-0.25, -0.2) is 0 Å². The second kappa shape index (κ2) is 3.58. The predicted octanol–water partition coefficient (Wildman–Crippen LogP) is 4.79. The Morgan fingerprint density at radius 1 is 1.00 bits per heavy atom. The summed E-state index contributed by atoms with van der Waals surface area (Å²) in [5.74, 6) is 0. The average molecular weight is 251 g/mol. The van der Waals surface area contributed by atoms with Crippen LogP contribution < -0.4 is 0 Å². The molecular weight excluding hydrogens is 247 g/mol. The van der Waals surface area contributed by atoms with E-state index < -0.39 is 21.2 Å². The highest BCUT2D eigenvalue weighted by atomic mass is 35.5. The first kappa shape index (κ1) is 11.6. The molecule has 14 heavy (non-hydrogen) atoms. The molecule has 0 aliphatic carbocycles. The quantitative estimate of drug-likeness (QED) is 0.629. The van der Waals surface area contributed by atoms with Crippen molar-refractivity contribution in [3.63, 3.8) is 0 Å². The van der Waals surface area contributed by atoms with Crippen molar-refractivity contribution in [1.82, 2.24) is 0 Å². The lowest BCUT2D eigenvalue weighted by molar-refractivity contribution is -0.0463. The molecule has 0 saturated carbocycles. The van der Waals surface area contributed by atoms with Crippen LogP contribution in [-0.4, -0.2) is 5.51 Å². The molecule has 0 unspecified atom stereocenters. The van der Waals surface area contributed by atoms with Crippen molar-refractivity contribution in [2.45, 2.75) is 10.4 Å². The van der Waals surface area contributed by atoms with Crippen LogP contribution in [0.2, 0.25) is 5.02 Å². The highest BCUT2D eigenvalue weighted by Gasteiger charge is 2.54. The van der Waals surface area contributed by atoms with E-state index in [1.165, 1.54) is 0 Å². The van der Waals surface area contributed by atoms with E-state index in [9.17, 15) is 20.9 Å². The lowest BCUT2D eigenvalue weighted by atomic mass is 10.4. The molecule has 0 N–H and O–H groups in total. The van der Waals surface area contributed by atoms with Crippen LogP contribution in [0.25, 0.3) is 0 Å². The molecule has 80 valence electrons. The first-order valence-corrected chi connectivity index (χ1v) is 5.11. The van der Waals surface area contributed by atoms with Crippen LogP contribution in [-0.2, 0) is 0 Å². The number of benzene rings is 1. The molecule has 0 bridgehead atoms. The highest BCUT2D eigenvalue weighted by molar-refractivity contribution is 8.26. The van der Waals surface area contributed by atoms with Crippen molar-refractivity contribution in [3.05, 3.63) is 29.3 Å². The Labute approximate surface area is 83.6 Å². The molecule has 0 amide bonds. The van der Waals surface area contributed by atoms with Crippen molar-refractivity contribution >= 4 is 22.4 Å². The molecule has 7 heteroatoms. The zero-order valence-corrected chi connectivity index (χ0v) is 8.06. The van der Waals surface area contributed by atoms with Crippen molar-refractivity contribution in [1.29, 1.82) is 0 Å². The number of alkyl halides is 3. The Morgan fingerprint density at radius 2 is 1.43 bits per heavy atom. The molecule has 0 heterocycles. The molecule has 0 spiro atoms. The summed E-state index contributed by atoms with van der Waals surface area (Å²) in [6.45, 7) is 0. The Hall–Kier alpha value is -0.490. The topological polar surface area (TPSA) is 0 Å². The Balaban J connectivity index is 3.10. The summed E-state index contributed by atoms with van der Waals surface area (Å²) in [5.41, 5.74) is -5.50. The van der Waals surface area contributed by atoms with Gasteiger partial charge in [0.15, 0.2) is 10.8 Å². The standard InChI is InChI=1S/C7H4ClF5S/c8-5-1-3-6(4-2-5)14(12,13)7(9,10)11/h1-4H. The molecule has 0 fully saturated rings. The van der Waals surface area contributed by atoms with Gasteiger partial charge < -0.3 is 0 Å². The Kier molecular flexibility index (Phi) is 2.96. The summed E-state index contributed by atoms with van der Waals surface area (Å²) in [6, 6.07) is 3.38. The molecule has 0 saturated heterocycles. The Bertz CT molecular complexity index is 318. The van der Waals surface area contributed by atoms with Gasteiger partial charge >= 0.3 is 5.51 Å². The smallest absolute Gasteiger partial charge is 0.157 e. The normalized spacial score (nSPS) is 14.1. The van der Waals surface area contributed by atoms with Crippen molar-refractivity contribution in [2.75, 3.05) is 0 Å². The molecule has 0 atom stereocenters. The molecule has 0 radical (unpaired) electrons. The van der Waals surface area contributed by atoms with Gasteiger partial charge in [-0.1, -0.05) is 11.6 Å². The van der Waals surface area contributed by atoms with Gasteiger partial charge in [0, 0.05) is 5.02 Å². The minimum Gasteiger partial charge on any atom is -0.157 e. The van der Waals surface area contributed by atoms with E-state index in [1.54, 1.807) is 0 Å². The van der Waals surface area contributed by atoms with Gasteiger partial charge in [-0.15, -0.1) is 7.77 Å². The third-order valence-electron chi connectivity index (χ3n) is 1.40. The first-order chi connectivity index (χ1) is 6.25. The second-order valence-corrected chi connectivity index (χ2v) is 4.68. The van der Waals surface area contributed by atoms with Crippen molar-refractivity contribution < 1.29 is 20.9 Å². The van der Waals surface area contributed by atoms with E-state index in [1.807, 2.05) is 0 Å². The number of halogens is 6. The minimum atomic E-state index is -5.75. The SMILES string of the molecule is FC(F)(F)S(F)(F)c1ccc(Cl)cc1. The van der Waals surface area contributed by atoms with Gasteiger partial charge in [-0.2, -0.15) is 13.2 Å². The van der Waals surface area contributed by atoms with Crippen LogP contribution in [0, 0.1) is 0 Å². The number of hydrogen-bond donors (Lipinski definition) is 0. The maximum atomic E-state index is 12.7. The van der Waals surface area contributed by atoms with Gasteiger partial charge in [-0.3, -0.25) is 0 Å². The third-order valence-corrected chi connectivity index (χ3v) is 3.10. The van der Waals surface area contributed by atoms with Gasteiger partial charge in [0.2, 0.25) is 0 Å². The van der Waals surface area contributed by atoms with Crippen molar-refractivity contribution in [2.24, 2.45) is 0 Å². The summed E-state index contributed by atoms with van der Waals surface area (Å²) >= 11 is 5.36. The third kappa shape index (κ3) is 2.12. The lowest BCUT2D eigenvalue weighted by Crippen LogP contribution is -2.12. The van der Waals surface area contributed by atoms with E-state index in [2.05, 4.69) is 0 Å². The molecule has 1 rings (SSSR count). The summed E-state index contributed by atoms with van der Waals surface area (Å²) in [5, 5.41) is 0.117. The summed E-state index contributed by atoms with van der Waals surface area (Å²) in [6.07, 6.45) is 0. The molecule has 0 aliphatic rings. The first-order valence-electron chi connectivity index (χ1n) is 3.29. The van der Waals surface area contributed by atoms with Crippen LogP contribution in [0.15, 0.2) is 29.2 Å². The summed E-state index contributed by atoms with van der Waals surface area (Å²) < 4.78 is 61.0. The van der Waals surface area contributed by atoms with Crippen LogP contribution >= 0.6 is 22.4 Å². The predicted molar refractivity (Wildman–Crippen MR) is 45.6 cm³/mol. The Morgan fingerprint density at radius 3 is 1.79 bits per heavy atom.